The fraction of sp³-hybridized carbons (Fsp3) is 0.778. The van der Waals surface area contributed by atoms with E-state index in [-0.39, 0.29) is 35.8 Å². The molecule has 0 aromatic carbocycles. The molecule has 0 saturated carbocycles. The molecule has 146 valence electrons. The Labute approximate surface area is 154 Å². The molecule has 26 heavy (non-hydrogen) atoms. The highest BCUT2D eigenvalue weighted by Crippen LogP contribution is 2.30. The Balaban J connectivity index is 2.16. The van der Waals surface area contributed by atoms with Crippen molar-refractivity contribution < 1.29 is 19.2 Å². The molecule has 2 rings (SSSR count). The minimum atomic E-state index is -0.647. The van der Waals surface area contributed by atoms with Crippen LogP contribution >= 0.6 is 0 Å². The number of carbonyl (C=O) groups is 4. The fourth-order valence-electron chi connectivity index (χ4n) is 3.79. The number of nitrogens with one attached hydrogen (secondary N) is 1. The largest absolute Gasteiger partial charge is 0.343 e. The van der Waals surface area contributed by atoms with E-state index < -0.39 is 12.1 Å². The number of nitrogens with zero attached hydrogens (tertiary/aromatic N) is 3. The molecule has 0 aliphatic carbocycles. The van der Waals surface area contributed by atoms with Gasteiger partial charge in [0, 0.05) is 33.5 Å². The van der Waals surface area contributed by atoms with Gasteiger partial charge in [0.05, 0.1) is 0 Å². The second-order valence-electron chi connectivity index (χ2n) is 7.37. The summed E-state index contributed by atoms with van der Waals surface area (Å²) < 4.78 is 0. The summed E-state index contributed by atoms with van der Waals surface area (Å²) in [6.07, 6.45) is 2.49. The van der Waals surface area contributed by atoms with Gasteiger partial charge in [-0.15, -0.1) is 0 Å². The number of hydrogen-bond acceptors (Lipinski definition) is 4. The minimum Gasteiger partial charge on any atom is -0.343 e. The molecule has 2 saturated heterocycles. The summed E-state index contributed by atoms with van der Waals surface area (Å²) in [5.41, 5.74) is 0. The summed E-state index contributed by atoms with van der Waals surface area (Å²) in [6.45, 7) is 7.13. The second kappa shape index (κ2) is 8.05. The van der Waals surface area contributed by atoms with Crippen molar-refractivity contribution in [2.75, 3.05) is 13.6 Å². The Bertz CT molecular complexity index is 594. The summed E-state index contributed by atoms with van der Waals surface area (Å²) in [5.74, 6) is -0.714. The van der Waals surface area contributed by atoms with Crippen molar-refractivity contribution in [2.45, 2.75) is 77.7 Å². The number of rotatable bonds is 3. The maximum Gasteiger partial charge on any atom is 0.247 e. The Morgan fingerprint density at radius 2 is 1.85 bits per heavy atom. The molecule has 2 aliphatic heterocycles. The lowest BCUT2D eigenvalue weighted by Gasteiger charge is -2.41. The summed E-state index contributed by atoms with van der Waals surface area (Å²) in [5, 5.41) is 2.82. The highest BCUT2D eigenvalue weighted by molar-refractivity contribution is 5.92. The van der Waals surface area contributed by atoms with E-state index in [1.54, 1.807) is 23.8 Å². The summed E-state index contributed by atoms with van der Waals surface area (Å²) >= 11 is 0. The molecule has 0 bridgehead atoms. The van der Waals surface area contributed by atoms with Crippen LogP contribution in [0.2, 0.25) is 0 Å². The number of likely N-dealkylation sites (N-methyl/N-ethyl adjacent to an activating group) is 1. The van der Waals surface area contributed by atoms with Gasteiger partial charge in [0.25, 0.3) is 0 Å². The van der Waals surface area contributed by atoms with Crippen LogP contribution in [0.25, 0.3) is 0 Å². The van der Waals surface area contributed by atoms with E-state index in [0.29, 0.717) is 19.4 Å². The molecule has 8 heteroatoms. The third-order valence-corrected chi connectivity index (χ3v) is 5.62. The molecule has 2 fully saturated rings. The monoisotopic (exact) mass is 366 g/mol. The standard InChI is InChI=1S/C18H30N4O4/c1-11-8-9-16-21(14(4)24)10-6-7-15(18(26)22(11)16)19-17(25)12(2)20(5)13(3)23/h11-12,15-16H,6-10H2,1-5H3,(H,19,25)/t11?,12-,15-,16?/m0/s1. The third kappa shape index (κ3) is 3.99. The smallest absolute Gasteiger partial charge is 0.247 e. The van der Waals surface area contributed by atoms with Gasteiger partial charge >= 0.3 is 0 Å². The lowest BCUT2D eigenvalue weighted by molar-refractivity contribution is -0.149. The van der Waals surface area contributed by atoms with Crippen LogP contribution in [0.3, 0.4) is 0 Å². The maximum atomic E-state index is 13.1. The van der Waals surface area contributed by atoms with Crippen molar-refractivity contribution in [1.82, 2.24) is 20.0 Å². The van der Waals surface area contributed by atoms with Crippen LogP contribution in [0.1, 0.15) is 53.4 Å². The van der Waals surface area contributed by atoms with Crippen LogP contribution in [0.4, 0.5) is 0 Å². The van der Waals surface area contributed by atoms with Crippen molar-refractivity contribution in [2.24, 2.45) is 0 Å². The summed E-state index contributed by atoms with van der Waals surface area (Å²) in [7, 11) is 1.57. The first-order valence-corrected chi connectivity index (χ1v) is 9.28. The number of hydrogen-bond donors (Lipinski definition) is 1. The molecule has 0 radical (unpaired) electrons. The van der Waals surface area contributed by atoms with E-state index in [4.69, 9.17) is 0 Å². The van der Waals surface area contributed by atoms with Crippen LogP contribution in [-0.4, -0.2) is 76.2 Å². The van der Waals surface area contributed by atoms with Gasteiger partial charge in [-0.2, -0.15) is 0 Å². The van der Waals surface area contributed by atoms with Gasteiger partial charge in [-0.1, -0.05) is 0 Å². The van der Waals surface area contributed by atoms with Crippen LogP contribution in [0.15, 0.2) is 0 Å². The molecule has 4 amide bonds. The zero-order valence-electron chi connectivity index (χ0n) is 16.3. The third-order valence-electron chi connectivity index (χ3n) is 5.62. The van der Waals surface area contributed by atoms with Gasteiger partial charge in [-0.3, -0.25) is 19.2 Å². The van der Waals surface area contributed by atoms with Gasteiger partial charge in [-0.25, -0.2) is 0 Å². The summed E-state index contributed by atoms with van der Waals surface area (Å²) in [4.78, 5) is 54.0. The number of amides is 4. The van der Waals surface area contributed by atoms with Crippen molar-refractivity contribution in [3.8, 4) is 0 Å². The molecular formula is C18H30N4O4. The Morgan fingerprint density at radius 3 is 2.42 bits per heavy atom. The van der Waals surface area contributed by atoms with Gasteiger partial charge in [0.15, 0.2) is 0 Å². The quantitative estimate of drug-likeness (QED) is 0.779. The SMILES string of the molecule is CC(=O)N1CCC[C@H](NC(=O)[C@H](C)N(C)C(C)=O)C(=O)N2C(C)CCC12. The topological polar surface area (TPSA) is 90.0 Å². The minimum absolute atomic E-state index is 0.0268. The second-order valence-corrected chi connectivity index (χ2v) is 7.37. The van der Waals surface area contributed by atoms with E-state index in [0.717, 1.165) is 12.8 Å². The predicted molar refractivity (Wildman–Crippen MR) is 95.8 cm³/mol. The molecule has 1 N–H and O–H groups in total. The van der Waals surface area contributed by atoms with Crippen molar-refractivity contribution in [3.05, 3.63) is 0 Å². The van der Waals surface area contributed by atoms with E-state index in [2.05, 4.69) is 5.32 Å². The normalized spacial score (nSPS) is 27.3. The van der Waals surface area contributed by atoms with Crippen molar-refractivity contribution in [3.63, 3.8) is 0 Å². The van der Waals surface area contributed by atoms with E-state index >= 15 is 0 Å². The molecule has 4 atom stereocenters. The van der Waals surface area contributed by atoms with Crippen LogP contribution in [0.5, 0.6) is 0 Å². The van der Waals surface area contributed by atoms with Gasteiger partial charge in [-0.05, 0) is 39.5 Å². The van der Waals surface area contributed by atoms with E-state index in [1.807, 2.05) is 6.92 Å². The van der Waals surface area contributed by atoms with E-state index in [9.17, 15) is 19.2 Å². The molecule has 2 aliphatic rings. The first kappa shape index (κ1) is 20.2. The molecule has 0 spiro atoms. The highest BCUT2D eigenvalue weighted by Gasteiger charge is 2.43. The van der Waals surface area contributed by atoms with Gasteiger partial charge < -0.3 is 20.0 Å². The number of fused-ring (bicyclic) bond motifs is 1. The van der Waals surface area contributed by atoms with E-state index in [1.165, 1.54) is 18.7 Å². The van der Waals surface area contributed by atoms with Crippen LogP contribution in [-0.2, 0) is 19.2 Å². The van der Waals surface area contributed by atoms with Crippen LogP contribution < -0.4 is 5.32 Å². The van der Waals surface area contributed by atoms with Crippen molar-refractivity contribution in [1.29, 1.82) is 0 Å². The number of carbonyl (C=O) groups excluding carboxylic acids is 4. The predicted octanol–water partition coefficient (Wildman–Crippen LogP) is 0.317. The Kier molecular flexibility index (Phi) is 6.26. The maximum absolute atomic E-state index is 13.1. The molecule has 8 nitrogen and oxygen atoms in total. The summed E-state index contributed by atoms with van der Waals surface area (Å²) in [6, 6.07) is -1.24. The average Bonchev–Trinajstić information content (AvgIpc) is 2.94. The molecular weight excluding hydrogens is 336 g/mol. The Morgan fingerprint density at radius 1 is 1.19 bits per heavy atom. The lowest BCUT2D eigenvalue weighted by Crippen LogP contribution is -2.60. The molecule has 0 aromatic heterocycles. The first-order chi connectivity index (χ1) is 12.1. The van der Waals surface area contributed by atoms with Crippen molar-refractivity contribution >= 4 is 23.6 Å². The zero-order chi connectivity index (χ0) is 19.6. The van der Waals surface area contributed by atoms with Crippen LogP contribution in [0, 0.1) is 0 Å². The Hall–Kier alpha value is -2.12. The molecule has 0 aromatic rings. The zero-order valence-corrected chi connectivity index (χ0v) is 16.3. The first-order valence-electron chi connectivity index (χ1n) is 9.28. The lowest BCUT2D eigenvalue weighted by atomic mass is 10.1. The fourth-order valence-corrected chi connectivity index (χ4v) is 3.79. The highest BCUT2D eigenvalue weighted by atomic mass is 16.2. The van der Waals surface area contributed by atoms with Gasteiger partial charge in [0.1, 0.15) is 18.2 Å². The van der Waals surface area contributed by atoms with Gasteiger partial charge in [0.2, 0.25) is 23.6 Å². The average molecular weight is 366 g/mol. The molecule has 2 heterocycles. The molecule has 2 unspecified atom stereocenters.